The van der Waals surface area contributed by atoms with Gasteiger partial charge in [-0.05, 0) is 30.3 Å². The molecular formula is C17H20Cl2N2OS. The number of benzene rings is 1. The normalized spacial score (nSPS) is 11.0. The molecule has 0 aliphatic rings. The number of thiophene rings is 1. The third-order valence-electron chi connectivity index (χ3n) is 3.65. The fourth-order valence-electron chi connectivity index (χ4n) is 2.32. The first-order valence-electron chi connectivity index (χ1n) is 7.56. The molecule has 0 fully saturated rings. The molecule has 0 radical (unpaired) electrons. The zero-order valence-corrected chi connectivity index (χ0v) is 15.6. The van der Waals surface area contributed by atoms with Crippen LogP contribution < -0.4 is 5.32 Å². The molecule has 0 saturated heterocycles. The van der Waals surface area contributed by atoms with Crippen molar-refractivity contribution in [1.82, 2.24) is 10.2 Å². The molecule has 1 heterocycles. The summed E-state index contributed by atoms with van der Waals surface area (Å²) in [6, 6.07) is 9.86. The van der Waals surface area contributed by atoms with Gasteiger partial charge in [-0.1, -0.05) is 61.3 Å². The molecule has 23 heavy (non-hydrogen) atoms. The monoisotopic (exact) mass is 370 g/mol. The van der Waals surface area contributed by atoms with E-state index >= 15 is 0 Å². The van der Waals surface area contributed by atoms with Gasteiger partial charge in [0.05, 0.1) is 9.90 Å². The minimum Gasteiger partial charge on any atom is -0.348 e. The third kappa shape index (κ3) is 5.21. The summed E-state index contributed by atoms with van der Waals surface area (Å²) < 4.78 is 0.934. The average molecular weight is 371 g/mol. The second-order valence-corrected chi connectivity index (χ2v) is 7.49. The van der Waals surface area contributed by atoms with Gasteiger partial charge in [0.25, 0.3) is 5.91 Å². The van der Waals surface area contributed by atoms with Gasteiger partial charge in [0.15, 0.2) is 0 Å². The highest BCUT2D eigenvalue weighted by molar-refractivity contribution is 7.20. The molecule has 1 aromatic heterocycles. The van der Waals surface area contributed by atoms with E-state index in [1.165, 1.54) is 16.9 Å². The Morgan fingerprint density at radius 1 is 1.17 bits per heavy atom. The number of carbonyl (C=O) groups excluding carboxylic acids is 1. The summed E-state index contributed by atoms with van der Waals surface area (Å²) in [7, 11) is 0. The van der Waals surface area contributed by atoms with E-state index in [4.69, 9.17) is 23.2 Å². The van der Waals surface area contributed by atoms with Crippen LogP contribution in [-0.4, -0.2) is 23.9 Å². The van der Waals surface area contributed by atoms with Crippen LogP contribution in [0.4, 0.5) is 0 Å². The Hall–Kier alpha value is -1.07. The van der Waals surface area contributed by atoms with E-state index in [1.807, 2.05) is 12.1 Å². The van der Waals surface area contributed by atoms with Gasteiger partial charge in [-0.3, -0.25) is 9.69 Å². The molecule has 3 nitrogen and oxygen atoms in total. The second-order valence-electron chi connectivity index (χ2n) is 5.20. The fraction of sp³-hybridized carbons (Fsp3) is 0.353. The topological polar surface area (TPSA) is 32.3 Å². The van der Waals surface area contributed by atoms with Crippen molar-refractivity contribution in [2.75, 3.05) is 13.1 Å². The lowest BCUT2D eigenvalue weighted by atomic mass is 10.1. The van der Waals surface area contributed by atoms with Gasteiger partial charge < -0.3 is 5.32 Å². The Kier molecular flexibility index (Phi) is 6.90. The largest absolute Gasteiger partial charge is 0.348 e. The number of nitrogens with one attached hydrogen (secondary N) is 1. The first-order valence-corrected chi connectivity index (χ1v) is 9.14. The Balaban J connectivity index is 1.98. The number of rotatable bonds is 7. The van der Waals surface area contributed by atoms with Crippen molar-refractivity contribution in [1.29, 1.82) is 0 Å². The predicted octanol–water partition coefficient (Wildman–Crippen LogP) is 4.83. The summed E-state index contributed by atoms with van der Waals surface area (Å²) >= 11 is 13.1. The molecule has 0 aliphatic carbocycles. The highest BCUT2D eigenvalue weighted by Gasteiger charge is 2.13. The molecule has 0 saturated carbocycles. The molecule has 0 aliphatic heterocycles. The molecule has 1 N–H and O–H groups in total. The molecule has 0 bridgehead atoms. The molecule has 1 aromatic carbocycles. The molecule has 0 spiro atoms. The highest BCUT2D eigenvalue weighted by Crippen LogP contribution is 2.31. The summed E-state index contributed by atoms with van der Waals surface area (Å²) in [4.78, 5) is 14.5. The van der Waals surface area contributed by atoms with E-state index in [0.717, 1.165) is 25.2 Å². The van der Waals surface area contributed by atoms with Gasteiger partial charge in [-0.25, -0.2) is 0 Å². The number of hydrogen-bond donors (Lipinski definition) is 1. The van der Waals surface area contributed by atoms with Gasteiger partial charge in [0, 0.05) is 13.1 Å². The number of amides is 1. The first-order chi connectivity index (χ1) is 11.0. The van der Waals surface area contributed by atoms with E-state index in [2.05, 4.69) is 36.2 Å². The van der Waals surface area contributed by atoms with Crippen LogP contribution in [0, 0.1) is 0 Å². The second kappa shape index (κ2) is 8.69. The minimum absolute atomic E-state index is 0.202. The summed E-state index contributed by atoms with van der Waals surface area (Å²) in [5.41, 5.74) is 2.75. The SMILES string of the molecule is CCN(CC)Cc1cccc(CNC(=O)c2cc(Cl)sc2Cl)c1. The molecule has 1 amide bonds. The van der Waals surface area contributed by atoms with Crippen LogP contribution in [0.1, 0.15) is 35.3 Å². The van der Waals surface area contributed by atoms with Crippen LogP contribution >= 0.6 is 34.5 Å². The van der Waals surface area contributed by atoms with E-state index < -0.39 is 0 Å². The van der Waals surface area contributed by atoms with Crippen LogP contribution in [0.3, 0.4) is 0 Å². The maximum Gasteiger partial charge on any atom is 0.253 e. The fourth-order valence-corrected chi connectivity index (χ4v) is 3.77. The van der Waals surface area contributed by atoms with Crippen LogP contribution in [0.25, 0.3) is 0 Å². The quantitative estimate of drug-likeness (QED) is 0.756. The summed E-state index contributed by atoms with van der Waals surface area (Å²) in [5, 5.41) is 2.89. The van der Waals surface area contributed by atoms with Gasteiger partial charge in [-0.2, -0.15) is 0 Å². The lowest BCUT2D eigenvalue weighted by Gasteiger charge is -2.18. The predicted molar refractivity (Wildman–Crippen MR) is 98.6 cm³/mol. The Morgan fingerprint density at radius 2 is 1.87 bits per heavy atom. The summed E-state index contributed by atoms with van der Waals surface area (Å²) in [5.74, 6) is -0.202. The van der Waals surface area contributed by atoms with Crippen LogP contribution in [-0.2, 0) is 13.1 Å². The number of nitrogens with zero attached hydrogens (tertiary/aromatic N) is 1. The zero-order chi connectivity index (χ0) is 16.8. The summed E-state index contributed by atoms with van der Waals surface area (Å²) in [6.45, 7) is 7.74. The van der Waals surface area contributed by atoms with Crippen molar-refractivity contribution in [3.05, 3.63) is 55.7 Å². The number of carbonyl (C=O) groups is 1. The standard InChI is InChI=1S/C17H20Cl2N2OS/c1-3-21(4-2)11-13-7-5-6-12(8-13)10-20-17(22)14-9-15(18)23-16(14)19/h5-9H,3-4,10-11H2,1-2H3,(H,20,22). The van der Waals surface area contributed by atoms with Gasteiger partial charge >= 0.3 is 0 Å². The van der Waals surface area contributed by atoms with Gasteiger partial charge in [0.2, 0.25) is 0 Å². The number of hydrogen-bond acceptors (Lipinski definition) is 3. The smallest absolute Gasteiger partial charge is 0.253 e. The maximum absolute atomic E-state index is 12.2. The minimum atomic E-state index is -0.202. The molecule has 2 rings (SSSR count). The Labute approximate surface area is 151 Å². The first kappa shape index (κ1) is 18.3. The molecular weight excluding hydrogens is 351 g/mol. The van der Waals surface area contributed by atoms with Crippen LogP contribution in [0.15, 0.2) is 30.3 Å². The van der Waals surface area contributed by atoms with Crippen molar-refractivity contribution < 1.29 is 4.79 Å². The van der Waals surface area contributed by atoms with Crippen molar-refractivity contribution in [3.63, 3.8) is 0 Å². The number of halogens is 2. The van der Waals surface area contributed by atoms with E-state index in [0.29, 0.717) is 20.8 Å². The molecule has 0 atom stereocenters. The van der Waals surface area contributed by atoms with Gasteiger partial charge in [0.1, 0.15) is 4.34 Å². The van der Waals surface area contributed by atoms with Crippen molar-refractivity contribution in [3.8, 4) is 0 Å². The molecule has 6 heteroatoms. The average Bonchev–Trinajstić information content (AvgIpc) is 2.89. The molecule has 0 unspecified atom stereocenters. The van der Waals surface area contributed by atoms with E-state index in [9.17, 15) is 4.79 Å². The third-order valence-corrected chi connectivity index (χ3v) is 5.13. The van der Waals surface area contributed by atoms with Crippen LogP contribution in [0.2, 0.25) is 8.67 Å². The maximum atomic E-state index is 12.2. The van der Waals surface area contributed by atoms with Crippen molar-refractivity contribution >= 4 is 40.4 Å². The van der Waals surface area contributed by atoms with E-state index in [1.54, 1.807) is 6.07 Å². The van der Waals surface area contributed by atoms with E-state index in [-0.39, 0.29) is 5.91 Å². The van der Waals surface area contributed by atoms with Crippen LogP contribution in [0.5, 0.6) is 0 Å². The summed E-state index contributed by atoms with van der Waals surface area (Å²) in [6.07, 6.45) is 0. The Bertz CT molecular complexity index is 668. The highest BCUT2D eigenvalue weighted by atomic mass is 35.5. The Morgan fingerprint density at radius 3 is 2.48 bits per heavy atom. The zero-order valence-electron chi connectivity index (χ0n) is 13.2. The van der Waals surface area contributed by atoms with Crippen molar-refractivity contribution in [2.45, 2.75) is 26.9 Å². The molecule has 124 valence electrons. The lowest BCUT2D eigenvalue weighted by molar-refractivity contribution is 0.0951. The lowest BCUT2D eigenvalue weighted by Crippen LogP contribution is -2.23. The van der Waals surface area contributed by atoms with Gasteiger partial charge in [-0.15, -0.1) is 11.3 Å². The molecule has 2 aromatic rings. The van der Waals surface area contributed by atoms with Crippen molar-refractivity contribution in [2.24, 2.45) is 0 Å².